The Morgan fingerprint density at radius 3 is 2.50 bits per heavy atom. The van der Waals surface area contributed by atoms with Gasteiger partial charge in [0.05, 0.1) is 0 Å². The van der Waals surface area contributed by atoms with Crippen molar-refractivity contribution >= 4 is 0 Å². The molecule has 1 aromatic rings. The van der Waals surface area contributed by atoms with E-state index in [4.69, 9.17) is 0 Å². The van der Waals surface area contributed by atoms with Crippen LogP contribution in [-0.2, 0) is 6.42 Å². The van der Waals surface area contributed by atoms with E-state index in [0.717, 1.165) is 31.6 Å². The summed E-state index contributed by atoms with van der Waals surface area (Å²) in [5.74, 6) is 1.17. The molecule has 2 N–H and O–H groups in total. The van der Waals surface area contributed by atoms with Crippen molar-refractivity contribution in [3.63, 3.8) is 0 Å². The summed E-state index contributed by atoms with van der Waals surface area (Å²) in [4.78, 5) is 0. The van der Waals surface area contributed by atoms with Crippen LogP contribution in [0.15, 0.2) is 24.3 Å². The normalized spacial score (nSPS) is 12.9. The lowest BCUT2D eigenvalue weighted by Gasteiger charge is -2.21. The molecule has 0 bridgehead atoms. The molecule has 0 radical (unpaired) electrons. The first-order valence-electron chi connectivity index (χ1n) is 6.74. The van der Waals surface area contributed by atoms with Gasteiger partial charge < -0.3 is 10.6 Å². The summed E-state index contributed by atoms with van der Waals surface area (Å²) in [6.45, 7) is 7.30. The molecule has 0 spiro atoms. The van der Waals surface area contributed by atoms with Gasteiger partial charge in [0, 0.05) is 0 Å². The number of hydrogen-bond donors (Lipinski definition) is 2. The average molecular weight is 252 g/mol. The molecule has 102 valence electrons. The van der Waals surface area contributed by atoms with E-state index >= 15 is 0 Å². The Kier molecular flexibility index (Phi) is 6.91. The lowest BCUT2D eigenvalue weighted by atomic mass is 9.96. The second-order valence-corrected chi connectivity index (χ2v) is 5.11. The Morgan fingerprint density at radius 2 is 1.89 bits per heavy atom. The van der Waals surface area contributed by atoms with Crippen LogP contribution < -0.4 is 10.6 Å². The maximum absolute atomic E-state index is 13.4. The average Bonchev–Trinajstić information content (AvgIpc) is 2.35. The van der Waals surface area contributed by atoms with Crippen molar-refractivity contribution in [1.29, 1.82) is 0 Å². The Hall–Kier alpha value is -0.930. The summed E-state index contributed by atoms with van der Waals surface area (Å²) in [5.41, 5.74) is 0.791. The summed E-state index contributed by atoms with van der Waals surface area (Å²) in [6, 6.07) is 6.99. The van der Waals surface area contributed by atoms with Crippen LogP contribution in [0.4, 0.5) is 4.39 Å². The molecule has 0 aliphatic rings. The van der Waals surface area contributed by atoms with Crippen molar-refractivity contribution in [2.75, 3.05) is 26.7 Å². The van der Waals surface area contributed by atoms with E-state index in [1.54, 1.807) is 6.07 Å². The summed E-state index contributed by atoms with van der Waals surface area (Å²) in [7, 11) is 1.98. The Bertz CT molecular complexity index is 339. The first-order valence-corrected chi connectivity index (χ1v) is 6.74. The van der Waals surface area contributed by atoms with Crippen LogP contribution in [-0.4, -0.2) is 26.7 Å². The predicted molar refractivity (Wildman–Crippen MR) is 75.2 cm³/mol. The van der Waals surface area contributed by atoms with Crippen LogP contribution in [0.3, 0.4) is 0 Å². The molecule has 0 heterocycles. The van der Waals surface area contributed by atoms with Crippen molar-refractivity contribution in [1.82, 2.24) is 10.6 Å². The van der Waals surface area contributed by atoms with E-state index in [1.807, 2.05) is 19.2 Å². The summed E-state index contributed by atoms with van der Waals surface area (Å²) in [6.07, 6.45) is 0.747. The van der Waals surface area contributed by atoms with Crippen LogP contribution >= 0.6 is 0 Å². The smallest absolute Gasteiger partial charge is 0.126 e. The lowest BCUT2D eigenvalue weighted by Crippen LogP contribution is -2.34. The van der Waals surface area contributed by atoms with Gasteiger partial charge in [0.25, 0.3) is 0 Å². The highest BCUT2D eigenvalue weighted by molar-refractivity contribution is 5.17. The minimum atomic E-state index is -0.102. The zero-order valence-corrected chi connectivity index (χ0v) is 11.7. The fraction of sp³-hybridized carbons (Fsp3) is 0.600. The number of halogens is 1. The van der Waals surface area contributed by atoms with Gasteiger partial charge in [0.1, 0.15) is 5.82 Å². The molecule has 0 fully saturated rings. The highest BCUT2D eigenvalue weighted by Crippen LogP contribution is 2.09. The molecule has 0 aliphatic heterocycles. The van der Waals surface area contributed by atoms with E-state index in [2.05, 4.69) is 24.5 Å². The quantitative estimate of drug-likeness (QED) is 0.694. The third-order valence-corrected chi connectivity index (χ3v) is 3.34. The molecule has 1 atom stereocenters. The second kappa shape index (κ2) is 8.22. The number of nitrogens with one attached hydrogen (secondary N) is 2. The maximum Gasteiger partial charge on any atom is 0.126 e. The van der Waals surface area contributed by atoms with Gasteiger partial charge in [-0.3, -0.25) is 0 Å². The molecule has 0 aromatic heterocycles. The first-order chi connectivity index (χ1) is 8.65. The highest BCUT2D eigenvalue weighted by atomic mass is 19.1. The molecular weight excluding hydrogens is 227 g/mol. The molecule has 3 heteroatoms. The van der Waals surface area contributed by atoms with Crippen molar-refractivity contribution in [3.05, 3.63) is 35.6 Å². The van der Waals surface area contributed by atoms with Crippen molar-refractivity contribution in [2.24, 2.45) is 11.8 Å². The van der Waals surface area contributed by atoms with Gasteiger partial charge in [-0.15, -0.1) is 0 Å². The predicted octanol–water partition coefficient (Wildman–Crippen LogP) is 2.45. The van der Waals surface area contributed by atoms with E-state index in [1.165, 1.54) is 6.07 Å². The van der Waals surface area contributed by atoms with Crippen LogP contribution in [0.25, 0.3) is 0 Å². The summed E-state index contributed by atoms with van der Waals surface area (Å²) < 4.78 is 13.4. The zero-order valence-electron chi connectivity index (χ0n) is 11.7. The third-order valence-electron chi connectivity index (χ3n) is 3.34. The molecule has 1 rings (SSSR count). The lowest BCUT2D eigenvalue weighted by molar-refractivity contribution is 0.353. The number of rotatable bonds is 8. The molecule has 2 nitrogen and oxygen atoms in total. The largest absolute Gasteiger partial charge is 0.319 e. The van der Waals surface area contributed by atoms with Gasteiger partial charge in [-0.05, 0) is 56.6 Å². The molecule has 1 unspecified atom stereocenters. The van der Waals surface area contributed by atoms with Gasteiger partial charge in [-0.2, -0.15) is 0 Å². The van der Waals surface area contributed by atoms with E-state index in [0.29, 0.717) is 11.8 Å². The van der Waals surface area contributed by atoms with E-state index in [-0.39, 0.29) is 5.82 Å². The molecule has 0 amide bonds. The Balaban J connectivity index is 2.27. The summed E-state index contributed by atoms with van der Waals surface area (Å²) >= 11 is 0. The van der Waals surface area contributed by atoms with Crippen molar-refractivity contribution < 1.29 is 4.39 Å². The maximum atomic E-state index is 13.4. The van der Waals surface area contributed by atoms with Crippen LogP contribution in [0, 0.1) is 17.7 Å². The Labute approximate surface area is 110 Å². The van der Waals surface area contributed by atoms with Gasteiger partial charge in [-0.25, -0.2) is 4.39 Å². The fourth-order valence-electron chi connectivity index (χ4n) is 2.02. The van der Waals surface area contributed by atoms with Crippen LogP contribution in [0.5, 0.6) is 0 Å². The van der Waals surface area contributed by atoms with Gasteiger partial charge in [-0.1, -0.05) is 32.0 Å². The second-order valence-electron chi connectivity index (χ2n) is 5.11. The van der Waals surface area contributed by atoms with Crippen LogP contribution in [0.1, 0.15) is 19.4 Å². The van der Waals surface area contributed by atoms with Gasteiger partial charge in [0.15, 0.2) is 0 Å². The summed E-state index contributed by atoms with van der Waals surface area (Å²) in [5, 5.41) is 6.64. The van der Waals surface area contributed by atoms with E-state index < -0.39 is 0 Å². The third kappa shape index (κ3) is 5.15. The molecule has 18 heavy (non-hydrogen) atoms. The van der Waals surface area contributed by atoms with Gasteiger partial charge >= 0.3 is 0 Å². The molecule has 0 aliphatic carbocycles. The standard InChI is InChI=1S/C15H25FN2/c1-12(2)14(10-17-3)11-18-9-8-13-6-4-5-7-15(13)16/h4-7,12,14,17-18H,8-11H2,1-3H3. The molecular formula is C15H25FN2. The van der Waals surface area contributed by atoms with Crippen molar-refractivity contribution in [2.45, 2.75) is 20.3 Å². The Morgan fingerprint density at radius 1 is 1.17 bits per heavy atom. The molecule has 0 saturated carbocycles. The number of benzene rings is 1. The molecule has 1 aromatic carbocycles. The topological polar surface area (TPSA) is 24.1 Å². The fourth-order valence-corrected chi connectivity index (χ4v) is 2.02. The van der Waals surface area contributed by atoms with Crippen molar-refractivity contribution in [3.8, 4) is 0 Å². The zero-order chi connectivity index (χ0) is 13.4. The SMILES string of the molecule is CNCC(CNCCc1ccccc1F)C(C)C. The first kappa shape index (κ1) is 15.1. The number of hydrogen-bond acceptors (Lipinski definition) is 2. The van der Waals surface area contributed by atoms with Crippen LogP contribution in [0.2, 0.25) is 0 Å². The monoisotopic (exact) mass is 252 g/mol. The van der Waals surface area contributed by atoms with Gasteiger partial charge in [0.2, 0.25) is 0 Å². The highest BCUT2D eigenvalue weighted by Gasteiger charge is 2.11. The molecule has 0 saturated heterocycles. The minimum absolute atomic E-state index is 0.102. The minimum Gasteiger partial charge on any atom is -0.319 e. The van der Waals surface area contributed by atoms with E-state index in [9.17, 15) is 4.39 Å².